The summed E-state index contributed by atoms with van der Waals surface area (Å²) in [5.74, 6) is 0.00725. The molecule has 2 aromatic carbocycles. The first kappa shape index (κ1) is 45.7. The number of hydrogen-bond acceptors (Lipinski definition) is 8. The number of aromatic nitrogens is 2. The van der Waals surface area contributed by atoms with Gasteiger partial charge in [-0.25, -0.2) is 0 Å². The summed E-state index contributed by atoms with van der Waals surface area (Å²) in [4.78, 5) is 58.7. The van der Waals surface area contributed by atoms with Crippen molar-refractivity contribution >= 4 is 24.0 Å². The molecule has 4 aliphatic heterocycles. The Labute approximate surface area is 388 Å². The molecule has 12 heteroatoms. The Morgan fingerprint density at radius 1 is 0.606 bits per heavy atom. The number of carbonyl (C=O) groups excluding carboxylic acids is 2. The Morgan fingerprint density at radius 2 is 0.985 bits per heavy atom. The van der Waals surface area contributed by atoms with E-state index >= 15 is 0 Å². The molecule has 0 unspecified atom stereocenters. The Balaban J connectivity index is 0.000000166. The fraction of sp³-hybridized carbons (Fsp3) is 0.481. The minimum Gasteiger partial charge on any atom is -0.396 e. The zero-order chi connectivity index (χ0) is 46.2. The van der Waals surface area contributed by atoms with Crippen molar-refractivity contribution < 1.29 is 19.8 Å². The number of nitrogens with zero attached hydrogens (tertiary/aromatic N) is 4. The number of pyridine rings is 2. The highest BCUT2D eigenvalue weighted by molar-refractivity contribution is 5.82. The van der Waals surface area contributed by atoms with E-state index in [-0.39, 0.29) is 84.2 Å². The van der Waals surface area contributed by atoms with Crippen molar-refractivity contribution in [2.24, 2.45) is 35.5 Å². The maximum absolute atomic E-state index is 13.7. The second-order valence-corrected chi connectivity index (χ2v) is 19.6. The number of aliphatic hydroxyl groups is 2. The van der Waals surface area contributed by atoms with Crippen LogP contribution in [0.1, 0.15) is 111 Å². The van der Waals surface area contributed by atoms with Crippen LogP contribution < -0.4 is 21.8 Å². The number of amides is 2. The predicted molar refractivity (Wildman–Crippen MR) is 257 cm³/mol. The first-order valence-corrected chi connectivity index (χ1v) is 24.2. The van der Waals surface area contributed by atoms with Crippen molar-refractivity contribution in [3.05, 3.63) is 151 Å². The highest BCUT2D eigenvalue weighted by atomic mass is 16.3. The minimum atomic E-state index is -0.398. The Morgan fingerprint density at radius 3 is 1.32 bits per heavy atom. The van der Waals surface area contributed by atoms with Crippen molar-refractivity contribution in [2.75, 3.05) is 26.3 Å². The van der Waals surface area contributed by atoms with Crippen LogP contribution in [0.4, 0.5) is 0 Å². The van der Waals surface area contributed by atoms with Crippen molar-refractivity contribution in [3.63, 3.8) is 0 Å². The molecule has 66 heavy (non-hydrogen) atoms. The van der Waals surface area contributed by atoms with Gasteiger partial charge in [-0.15, -0.1) is 0 Å². The summed E-state index contributed by atoms with van der Waals surface area (Å²) in [5.41, 5.74) is 5.20. The molecule has 4 bridgehead atoms. The van der Waals surface area contributed by atoms with E-state index in [0.717, 1.165) is 35.6 Å². The summed E-state index contributed by atoms with van der Waals surface area (Å²) in [6, 6.07) is 26.9. The van der Waals surface area contributed by atoms with E-state index in [0.29, 0.717) is 36.1 Å². The second-order valence-electron chi connectivity index (χ2n) is 19.6. The molecule has 2 saturated heterocycles. The van der Waals surface area contributed by atoms with Crippen LogP contribution in [0, 0.1) is 35.5 Å². The van der Waals surface area contributed by atoms with Crippen LogP contribution in [-0.2, 0) is 22.7 Å². The number of carbonyl (C=O) groups is 2. The Kier molecular flexibility index (Phi) is 13.5. The minimum absolute atomic E-state index is 0.0120. The van der Waals surface area contributed by atoms with Crippen LogP contribution in [-0.4, -0.2) is 79.3 Å². The average Bonchev–Trinajstić information content (AvgIpc) is 4.27. The van der Waals surface area contributed by atoms with Gasteiger partial charge in [-0.05, 0) is 101 Å². The molecule has 0 radical (unpaired) electrons. The van der Waals surface area contributed by atoms with Crippen LogP contribution in [0.3, 0.4) is 0 Å². The number of rotatable bonds is 14. The monoisotopic (exact) mass is 895 g/mol. The van der Waals surface area contributed by atoms with Gasteiger partial charge in [0.2, 0.25) is 11.8 Å². The van der Waals surface area contributed by atoms with E-state index in [4.69, 9.17) is 0 Å². The van der Waals surface area contributed by atoms with E-state index < -0.39 is 11.8 Å². The van der Waals surface area contributed by atoms with Gasteiger partial charge in [0.05, 0.1) is 36.0 Å². The highest BCUT2D eigenvalue weighted by Crippen LogP contribution is 2.52. The molecule has 4 N–H and O–H groups in total. The molecule has 348 valence electrons. The summed E-state index contributed by atoms with van der Waals surface area (Å²) in [6.07, 6.45) is 12.3. The molecule has 12 nitrogen and oxygen atoms in total. The first-order chi connectivity index (χ1) is 32.1. The van der Waals surface area contributed by atoms with Crippen LogP contribution in [0.5, 0.6) is 0 Å². The Hall–Kier alpha value is -5.40. The summed E-state index contributed by atoms with van der Waals surface area (Å²) in [5, 5.41) is 27.3. The lowest BCUT2D eigenvalue weighted by Gasteiger charge is -2.38. The molecule has 4 fully saturated rings. The van der Waals surface area contributed by atoms with Gasteiger partial charge in [-0.1, -0.05) is 85.0 Å². The van der Waals surface area contributed by atoms with E-state index in [9.17, 15) is 29.4 Å². The standard InChI is InChI=1S/2C27H33N3O3/c2*1-3-7-20-12-13-22-25-24(26(32)28-17(2)19-8-5-4-6-9-19)21(16-31)23(15-30(22)27(20)33)29(25)14-18-10-11-18/h2*3-9,12-13,17-18,21,23-25,31H,10-11,14-16H2,1-2H3,(H,28,32)/b7-3+;7-3-/t2*17-,21-,23-,24+,25+/m11/s1. The zero-order valence-electron chi connectivity index (χ0n) is 38.7. The molecule has 2 aromatic heterocycles. The van der Waals surface area contributed by atoms with Crippen LogP contribution >= 0.6 is 0 Å². The lowest BCUT2D eigenvalue weighted by molar-refractivity contribution is -0.129. The zero-order valence-corrected chi connectivity index (χ0v) is 38.7. The summed E-state index contributed by atoms with van der Waals surface area (Å²) in [6.45, 7) is 10.6. The normalized spacial score (nSPS) is 27.5. The van der Waals surface area contributed by atoms with Crippen molar-refractivity contribution in [3.8, 4) is 0 Å². The maximum atomic E-state index is 13.7. The highest BCUT2D eigenvalue weighted by Gasteiger charge is 2.58. The molecule has 6 aliphatic rings. The molecule has 10 rings (SSSR count). The number of allylic oxidation sites excluding steroid dienone is 2. The SMILES string of the molecule is C/C=C/c1ccc2n(c1=O)C[C@@H]1[C@@H](CO)[C@H](C(=O)N[C@H](C)c3ccccc3)[C@H]2N1CC1CC1.C/C=C\c1ccc2n(c1=O)C[C@@H]1[C@@H](CO)[C@H](C(=O)N[C@H](C)c3ccccc3)[C@H]2N1CC1CC1. The Bertz CT molecular complexity index is 2390. The smallest absolute Gasteiger partial charge is 0.258 e. The van der Waals surface area contributed by atoms with Gasteiger partial charge in [0.1, 0.15) is 0 Å². The van der Waals surface area contributed by atoms with Gasteiger partial charge in [0.15, 0.2) is 0 Å². The summed E-state index contributed by atoms with van der Waals surface area (Å²) in [7, 11) is 0. The second kappa shape index (κ2) is 19.4. The molecule has 2 amide bonds. The molecule has 2 saturated carbocycles. The number of benzene rings is 2. The molecular formula is C54H66N6O6. The van der Waals surface area contributed by atoms with E-state index in [1.807, 2.05) is 146 Å². The lowest BCUT2D eigenvalue weighted by Crippen LogP contribution is -2.47. The maximum Gasteiger partial charge on any atom is 0.258 e. The lowest BCUT2D eigenvalue weighted by atomic mass is 9.86. The van der Waals surface area contributed by atoms with Crippen LogP contribution in [0.15, 0.2) is 107 Å². The first-order valence-electron chi connectivity index (χ1n) is 24.2. The molecule has 0 spiro atoms. The van der Waals surface area contributed by atoms with Gasteiger partial charge in [0, 0.05) is 85.8 Å². The molecule has 4 aromatic rings. The quantitative estimate of drug-likeness (QED) is 0.116. The van der Waals surface area contributed by atoms with Crippen molar-refractivity contribution in [2.45, 2.75) is 103 Å². The third-order valence-electron chi connectivity index (χ3n) is 15.3. The topological polar surface area (TPSA) is 149 Å². The molecule has 10 atom stereocenters. The average molecular weight is 895 g/mol. The molecule has 2 aliphatic carbocycles. The number of hydrogen-bond donors (Lipinski definition) is 4. The van der Waals surface area contributed by atoms with Crippen molar-refractivity contribution in [1.29, 1.82) is 0 Å². The number of fused-ring (bicyclic) bond motifs is 8. The van der Waals surface area contributed by atoms with Gasteiger partial charge in [0.25, 0.3) is 11.1 Å². The summed E-state index contributed by atoms with van der Waals surface area (Å²) >= 11 is 0. The van der Waals surface area contributed by atoms with Gasteiger partial charge >= 0.3 is 0 Å². The number of nitrogens with one attached hydrogen (secondary N) is 2. The van der Waals surface area contributed by atoms with E-state index in [1.165, 1.54) is 25.7 Å². The molecule has 6 heterocycles. The molecular weight excluding hydrogens is 829 g/mol. The van der Waals surface area contributed by atoms with E-state index in [1.54, 1.807) is 0 Å². The number of aliphatic hydroxyl groups excluding tert-OH is 2. The predicted octanol–water partition coefficient (Wildman–Crippen LogP) is 6.26. The third-order valence-corrected chi connectivity index (χ3v) is 15.3. The van der Waals surface area contributed by atoms with E-state index in [2.05, 4.69) is 20.4 Å². The largest absolute Gasteiger partial charge is 0.396 e. The summed E-state index contributed by atoms with van der Waals surface area (Å²) < 4.78 is 3.70. The van der Waals surface area contributed by atoms with Gasteiger partial charge < -0.3 is 30.0 Å². The van der Waals surface area contributed by atoms with Crippen LogP contribution in [0.2, 0.25) is 0 Å². The third kappa shape index (κ3) is 8.80. The van der Waals surface area contributed by atoms with Crippen molar-refractivity contribution in [1.82, 2.24) is 29.6 Å². The fourth-order valence-corrected chi connectivity index (χ4v) is 11.7. The van der Waals surface area contributed by atoms with Crippen LogP contribution in [0.25, 0.3) is 12.2 Å². The van der Waals surface area contributed by atoms with Gasteiger partial charge in [-0.2, -0.15) is 0 Å². The van der Waals surface area contributed by atoms with Gasteiger partial charge in [-0.3, -0.25) is 29.0 Å². The fourth-order valence-electron chi connectivity index (χ4n) is 11.7.